The molecule has 1 fully saturated rings. The first-order chi connectivity index (χ1) is 8.60. The Balaban J connectivity index is 1.66. The molecular weight excluding hydrogens is 234 g/mol. The standard InChI is InChI=1S/C14H18O4/c1-11(15)17-10-14(2)13(18-14)9-16-8-12-6-4-3-5-7-12/h3-7,13H,8-10H2,1-2H3/t13-,14-/m1/s1/i15+2. The van der Waals surface area contributed by atoms with E-state index in [1.54, 1.807) is 0 Å². The Morgan fingerprint density at radius 2 is 2.11 bits per heavy atom. The molecule has 1 heterocycles. The number of esters is 1. The summed E-state index contributed by atoms with van der Waals surface area (Å²) in [5, 5.41) is 0. The first-order valence-electron chi connectivity index (χ1n) is 6.03. The van der Waals surface area contributed by atoms with E-state index < -0.39 is 0 Å². The van der Waals surface area contributed by atoms with Gasteiger partial charge in [0.1, 0.15) is 18.3 Å². The van der Waals surface area contributed by atoms with Crippen LogP contribution in [0.1, 0.15) is 19.4 Å². The zero-order valence-corrected chi connectivity index (χ0v) is 10.7. The van der Waals surface area contributed by atoms with Crippen LogP contribution >= 0.6 is 0 Å². The molecule has 18 heavy (non-hydrogen) atoms. The Labute approximate surface area is 107 Å². The summed E-state index contributed by atoms with van der Waals surface area (Å²) in [6.07, 6.45) is 0.0144. The summed E-state index contributed by atoms with van der Waals surface area (Å²) < 4.78 is 16.0. The predicted molar refractivity (Wildman–Crippen MR) is 66.0 cm³/mol. The molecular formula is C14H18O4. The smallest absolute Gasteiger partial charge is 0.302 e. The van der Waals surface area contributed by atoms with Crippen molar-refractivity contribution in [2.24, 2.45) is 0 Å². The zero-order valence-electron chi connectivity index (χ0n) is 10.7. The molecule has 1 aliphatic heterocycles. The van der Waals surface area contributed by atoms with Crippen LogP contribution in [-0.2, 0) is 25.6 Å². The van der Waals surface area contributed by atoms with Crippen molar-refractivity contribution in [1.82, 2.24) is 0 Å². The molecule has 1 saturated heterocycles. The summed E-state index contributed by atoms with van der Waals surface area (Å²) in [4.78, 5) is 10.7. The van der Waals surface area contributed by atoms with Crippen LogP contribution in [-0.4, -0.2) is 30.9 Å². The number of carbonyl (C=O) groups excluding carboxylic acids is 1. The lowest BCUT2D eigenvalue weighted by atomic mass is 10.1. The summed E-state index contributed by atoms with van der Waals surface area (Å²) in [6.45, 7) is 4.71. The quantitative estimate of drug-likeness (QED) is 0.441. The summed E-state index contributed by atoms with van der Waals surface area (Å²) in [7, 11) is 0. The van der Waals surface area contributed by atoms with E-state index >= 15 is 0 Å². The van der Waals surface area contributed by atoms with Gasteiger partial charge < -0.3 is 14.2 Å². The summed E-state index contributed by atoms with van der Waals surface area (Å²) in [5.74, 6) is -0.282. The number of benzene rings is 1. The fourth-order valence-electron chi connectivity index (χ4n) is 1.73. The lowest BCUT2D eigenvalue weighted by Crippen LogP contribution is -2.22. The number of epoxide rings is 1. The average molecular weight is 252 g/mol. The Hall–Kier alpha value is -1.39. The monoisotopic (exact) mass is 252 g/mol. The minimum Gasteiger partial charge on any atom is -0.463 e. The third kappa shape index (κ3) is 3.55. The van der Waals surface area contributed by atoms with E-state index in [0.29, 0.717) is 19.8 Å². The van der Waals surface area contributed by atoms with Gasteiger partial charge in [0.25, 0.3) is 0 Å². The van der Waals surface area contributed by atoms with Crippen LogP contribution in [0, 0.1) is 0 Å². The molecule has 4 nitrogen and oxygen atoms in total. The lowest BCUT2D eigenvalue weighted by Gasteiger charge is -2.07. The molecule has 0 unspecified atom stereocenters. The van der Waals surface area contributed by atoms with Gasteiger partial charge in [-0.3, -0.25) is 4.79 Å². The van der Waals surface area contributed by atoms with Crippen molar-refractivity contribution >= 4 is 5.97 Å². The molecule has 2 atom stereocenters. The van der Waals surface area contributed by atoms with E-state index in [1.807, 2.05) is 37.3 Å². The highest BCUT2D eigenvalue weighted by molar-refractivity contribution is 5.66. The van der Waals surface area contributed by atoms with Gasteiger partial charge in [-0.2, -0.15) is 0 Å². The summed E-state index contributed by atoms with van der Waals surface area (Å²) >= 11 is 0. The molecule has 4 heteroatoms. The van der Waals surface area contributed by atoms with Gasteiger partial charge in [-0.15, -0.1) is 0 Å². The van der Waals surface area contributed by atoms with Crippen molar-refractivity contribution in [3.05, 3.63) is 35.9 Å². The molecule has 0 aromatic heterocycles. The Kier molecular flexibility index (Phi) is 3.99. The van der Waals surface area contributed by atoms with Gasteiger partial charge in [-0.25, -0.2) is 0 Å². The molecule has 1 aromatic carbocycles. The highest BCUT2D eigenvalue weighted by atomic mass is 18.1. The second-order valence-electron chi connectivity index (χ2n) is 4.70. The molecule has 1 aliphatic rings. The van der Waals surface area contributed by atoms with E-state index in [-0.39, 0.29) is 17.7 Å². The zero-order chi connectivity index (χ0) is 13.0. The third-order valence-electron chi connectivity index (χ3n) is 2.98. The van der Waals surface area contributed by atoms with Crippen molar-refractivity contribution in [2.45, 2.75) is 32.2 Å². The van der Waals surface area contributed by atoms with Crippen LogP contribution in [0.5, 0.6) is 0 Å². The molecule has 2 rings (SSSR count). The fraction of sp³-hybridized carbons (Fsp3) is 0.500. The predicted octanol–water partition coefficient (Wildman–Crippen LogP) is 1.92. The molecule has 0 aliphatic carbocycles. The number of carbonyl (C=O) groups is 1. The maximum absolute atomic E-state index is 10.7. The van der Waals surface area contributed by atoms with Gasteiger partial charge in [0.2, 0.25) is 0 Å². The first kappa shape index (κ1) is 13.1. The van der Waals surface area contributed by atoms with Gasteiger partial charge in [0.05, 0.1) is 13.2 Å². The molecule has 0 N–H and O–H groups in total. The minimum absolute atomic E-state index is 0.0144. The average Bonchev–Trinajstić information content (AvgIpc) is 3.00. The maximum atomic E-state index is 10.7. The van der Waals surface area contributed by atoms with Gasteiger partial charge in [-0.05, 0) is 12.5 Å². The number of hydrogen-bond donors (Lipinski definition) is 0. The van der Waals surface area contributed by atoms with Crippen molar-refractivity contribution in [3.8, 4) is 0 Å². The van der Waals surface area contributed by atoms with Gasteiger partial charge in [0.15, 0.2) is 0 Å². The second kappa shape index (κ2) is 5.50. The van der Waals surface area contributed by atoms with Gasteiger partial charge >= 0.3 is 5.97 Å². The fourth-order valence-corrected chi connectivity index (χ4v) is 1.73. The van der Waals surface area contributed by atoms with Crippen LogP contribution in [0.3, 0.4) is 0 Å². The van der Waals surface area contributed by atoms with Gasteiger partial charge in [0, 0.05) is 6.92 Å². The second-order valence-corrected chi connectivity index (χ2v) is 4.70. The molecule has 0 amide bonds. The van der Waals surface area contributed by atoms with Crippen LogP contribution in [0.2, 0.25) is 0 Å². The first-order valence-corrected chi connectivity index (χ1v) is 6.03. The molecule has 98 valence electrons. The van der Waals surface area contributed by atoms with E-state index in [0.717, 1.165) is 5.56 Å². The summed E-state index contributed by atoms with van der Waals surface area (Å²) in [5.41, 5.74) is 0.766. The third-order valence-corrected chi connectivity index (χ3v) is 2.98. The van der Waals surface area contributed by atoms with Crippen molar-refractivity contribution in [2.75, 3.05) is 13.2 Å². The molecule has 0 radical (unpaired) electrons. The highest BCUT2D eigenvalue weighted by Crippen LogP contribution is 2.36. The Bertz CT molecular complexity index is 404. The van der Waals surface area contributed by atoms with E-state index in [9.17, 15) is 4.79 Å². The number of rotatable bonds is 6. The number of hydrogen-bond acceptors (Lipinski definition) is 4. The van der Waals surface area contributed by atoms with Crippen LogP contribution in [0.25, 0.3) is 0 Å². The topological polar surface area (TPSA) is 48.1 Å². The van der Waals surface area contributed by atoms with Gasteiger partial charge in [-0.1, -0.05) is 30.3 Å². The van der Waals surface area contributed by atoms with Crippen LogP contribution in [0.4, 0.5) is 0 Å². The van der Waals surface area contributed by atoms with E-state index in [2.05, 4.69) is 0 Å². The molecule has 0 saturated carbocycles. The Morgan fingerprint density at radius 1 is 1.39 bits per heavy atom. The van der Waals surface area contributed by atoms with Crippen molar-refractivity contribution in [1.29, 1.82) is 0 Å². The Morgan fingerprint density at radius 3 is 2.78 bits per heavy atom. The maximum Gasteiger partial charge on any atom is 0.302 e. The largest absolute Gasteiger partial charge is 0.463 e. The minimum atomic E-state index is -0.373. The van der Waals surface area contributed by atoms with Crippen molar-refractivity contribution < 1.29 is 19.0 Å². The van der Waals surface area contributed by atoms with Crippen LogP contribution in [0.15, 0.2) is 30.3 Å². The highest BCUT2D eigenvalue weighted by Gasteiger charge is 2.53. The normalized spacial score (nSPS) is 25.8. The SMILES string of the molecule is CC(=[18O])OC[C@@]1(C)O[C@@H]1COCc1ccccc1. The van der Waals surface area contributed by atoms with E-state index in [4.69, 9.17) is 14.2 Å². The molecule has 0 bridgehead atoms. The van der Waals surface area contributed by atoms with Crippen LogP contribution < -0.4 is 0 Å². The molecule has 0 spiro atoms. The van der Waals surface area contributed by atoms with E-state index in [1.165, 1.54) is 6.92 Å². The summed E-state index contributed by atoms with van der Waals surface area (Å²) in [6, 6.07) is 9.98. The van der Waals surface area contributed by atoms with Crippen molar-refractivity contribution in [3.63, 3.8) is 0 Å². The number of ether oxygens (including phenoxy) is 3. The molecule has 1 aromatic rings. The lowest BCUT2D eigenvalue weighted by molar-refractivity contribution is -0.142.